The van der Waals surface area contributed by atoms with Gasteiger partial charge in [-0.3, -0.25) is 4.79 Å². The van der Waals surface area contributed by atoms with E-state index in [9.17, 15) is 4.79 Å². The van der Waals surface area contributed by atoms with Gasteiger partial charge in [-0.05, 0) is 29.8 Å². The summed E-state index contributed by atoms with van der Waals surface area (Å²) in [6.07, 6.45) is 1.64. The molecule has 0 bridgehead atoms. The van der Waals surface area contributed by atoms with Crippen LogP contribution in [-0.4, -0.2) is 10.9 Å². The predicted molar refractivity (Wildman–Crippen MR) is 94.0 cm³/mol. The van der Waals surface area contributed by atoms with Crippen molar-refractivity contribution < 1.29 is 9.21 Å². The molecular weight excluding hydrogens is 347 g/mol. The first-order valence-electron chi connectivity index (χ1n) is 7.32. The third kappa shape index (κ3) is 4.16. The molecule has 1 heterocycles. The molecule has 0 aliphatic rings. The number of nitrogens with zero attached hydrogens (tertiary/aromatic N) is 1. The van der Waals surface area contributed by atoms with Gasteiger partial charge in [0.25, 0.3) is 0 Å². The largest absolute Gasteiger partial charge is 0.444 e. The zero-order valence-electron chi connectivity index (χ0n) is 12.6. The van der Waals surface area contributed by atoms with Crippen molar-refractivity contribution in [2.75, 3.05) is 0 Å². The summed E-state index contributed by atoms with van der Waals surface area (Å²) in [4.78, 5) is 16.4. The number of rotatable bonds is 5. The molecule has 0 saturated carbocycles. The van der Waals surface area contributed by atoms with Gasteiger partial charge in [-0.15, -0.1) is 0 Å². The number of hydrogen-bond acceptors (Lipinski definition) is 3. The summed E-state index contributed by atoms with van der Waals surface area (Å²) in [6, 6.07) is 14.7. The molecule has 6 heteroatoms. The van der Waals surface area contributed by atoms with E-state index in [0.29, 0.717) is 28.2 Å². The molecular formula is C18H14Cl2N2O2. The first kappa shape index (κ1) is 16.6. The fraction of sp³-hybridized carbons (Fsp3) is 0.111. The highest BCUT2D eigenvalue weighted by Gasteiger charge is 2.11. The molecule has 0 unspecified atom stereocenters. The van der Waals surface area contributed by atoms with Crippen molar-refractivity contribution in [2.24, 2.45) is 0 Å². The van der Waals surface area contributed by atoms with Crippen LogP contribution in [0.2, 0.25) is 10.0 Å². The second kappa shape index (κ2) is 7.51. The highest BCUT2D eigenvalue weighted by Crippen LogP contribution is 2.21. The Hall–Kier alpha value is -2.30. The van der Waals surface area contributed by atoms with E-state index >= 15 is 0 Å². The lowest BCUT2D eigenvalue weighted by molar-refractivity contribution is -0.120. The summed E-state index contributed by atoms with van der Waals surface area (Å²) in [7, 11) is 0. The Labute approximate surface area is 149 Å². The highest BCUT2D eigenvalue weighted by molar-refractivity contribution is 6.35. The topological polar surface area (TPSA) is 55.1 Å². The van der Waals surface area contributed by atoms with E-state index in [1.807, 2.05) is 30.3 Å². The lowest BCUT2D eigenvalue weighted by atomic mass is 10.2. The summed E-state index contributed by atoms with van der Waals surface area (Å²) in [5, 5.41) is 3.89. The van der Waals surface area contributed by atoms with Gasteiger partial charge in [-0.25, -0.2) is 4.98 Å². The molecule has 1 N–H and O–H groups in total. The van der Waals surface area contributed by atoms with E-state index < -0.39 is 0 Å². The predicted octanol–water partition coefficient (Wildman–Crippen LogP) is 4.51. The Morgan fingerprint density at radius 1 is 1.12 bits per heavy atom. The lowest BCUT2D eigenvalue weighted by Crippen LogP contribution is -2.24. The van der Waals surface area contributed by atoms with E-state index in [-0.39, 0.29) is 12.3 Å². The number of aromatic nitrogens is 1. The summed E-state index contributed by atoms with van der Waals surface area (Å²) in [5.74, 6) is 0.341. The van der Waals surface area contributed by atoms with Crippen molar-refractivity contribution in [1.82, 2.24) is 10.3 Å². The van der Waals surface area contributed by atoms with Crippen LogP contribution < -0.4 is 5.32 Å². The standard InChI is InChI=1S/C18H14Cl2N2O2/c19-14-7-6-13(16(20)8-14)10-21-17(23)9-15-11-24-18(22-15)12-4-2-1-3-5-12/h1-8,11H,9-10H2,(H,21,23). The molecule has 24 heavy (non-hydrogen) atoms. The molecule has 1 amide bonds. The van der Waals surface area contributed by atoms with Crippen LogP contribution >= 0.6 is 23.2 Å². The number of benzene rings is 2. The zero-order chi connectivity index (χ0) is 16.9. The van der Waals surface area contributed by atoms with E-state index in [1.54, 1.807) is 18.2 Å². The Kier molecular flexibility index (Phi) is 5.18. The maximum absolute atomic E-state index is 12.0. The summed E-state index contributed by atoms with van der Waals surface area (Å²) in [6.45, 7) is 0.332. The quantitative estimate of drug-likeness (QED) is 0.728. The van der Waals surface area contributed by atoms with Gasteiger partial charge >= 0.3 is 0 Å². The second-order valence-electron chi connectivity index (χ2n) is 5.20. The van der Waals surface area contributed by atoms with Gasteiger partial charge in [0.05, 0.1) is 12.1 Å². The number of carbonyl (C=O) groups excluding carboxylic acids is 1. The fourth-order valence-corrected chi connectivity index (χ4v) is 2.66. The third-order valence-electron chi connectivity index (χ3n) is 3.41. The van der Waals surface area contributed by atoms with Crippen LogP contribution in [0.25, 0.3) is 11.5 Å². The molecule has 0 fully saturated rings. The van der Waals surface area contributed by atoms with Crippen molar-refractivity contribution in [2.45, 2.75) is 13.0 Å². The van der Waals surface area contributed by atoms with Gasteiger partial charge in [0.1, 0.15) is 6.26 Å². The summed E-state index contributed by atoms with van der Waals surface area (Å²) in [5.41, 5.74) is 2.25. The summed E-state index contributed by atoms with van der Waals surface area (Å²) >= 11 is 11.9. The van der Waals surface area contributed by atoms with Gasteiger partial charge in [0.15, 0.2) is 0 Å². The van der Waals surface area contributed by atoms with Crippen LogP contribution in [0.5, 0.6) is 0 Å². The van der Waals surface area contributed by atoms with Gasteiger partial charge in [-0.2, -0.15) is 0 Å². The Bertz CT molecular complexity index is 847. The average molecular weight is 361 g/mol. The van der Waals surface area contributed by atoms with Crippen LogP contribution in [0.3, 0.4) is 0 Å². The van der Waals surface area contributed by atoms with Crippen LogP contribution in [0.4, 0.5) is 0 Å². The molecule has 0 aliphatic carbocycles. The van der Waals surface area contributed by atoms with Crippen molar-refractivity contribution in [1.29, 1.82) is 0 Å². The molecule has 4 nitrogen and oxygen atoms in total. The minimum absolute atomic E-state index is 0.140. The molecule has 0 spiro atoms. The number of hydrogen-bond donors (Lipinski definition) is 1. The number of halogens is 2. The van der Waals surface area contributed by atoms with Crippen LogP contribution in [0.1, 0.15) is 11.3 Å². The maximum Gasteiger partial charge on any atom is 0.226 e. The SMILES string of the molecule is O=C(Cc1coc(-c2ccccc2)n1)NCc1ccc(Cl)cc1Cl. The minimum atomic E-state index is -0.158. The zero-order valence-corrected chi connectivity index (χ0v) is 14.1. The van der Waals surface area contributed by atoms with Crippen LogP contribution in [0, 0.1) is 0 Å². The molecule has 122 valence electrons. The number of nitrogens with one attached hydrogen (secondary N) is 1. The van der Waals surface area contributed by atoms with Crippen LogP contribution in [-0.2, 0) is 17.8 Å². The van der Waals surface area contributed by atoms with Gasteiger partial charge in [0.2, 0.25) is 11.8 Å². The number of oxazole rings is 1. The molecule has 0 radical (unpaired) electrons. The van der Waals surface area contributed by atoms with E-state index in [4.69, 9.17) is 27.6 Å². The summed E-state index contributed by atoms with van der Waals surface area (Å²) < 4.78 is 5.42. The lowest BCUT2D eigenvalue weighted by Gasteiger charge is -2.06. The number of amides is 1. The highest BCUT2D eigenvalue weighted by atomic mass is 35.5. The van der Waals surface area contributed by atoms with Gasteiger partial charge < -0.3 is 9.73 Å². The molecule has 2 aromatic carbocycles. The minimum Gasteiger partial charge on any atom is -0.444 e. The van der Waals surface area contributed by atoms with Crippen molar-refractivity contribution in [3.05, 3.63) is 76.1 Å². The van der Waals surface area contributed by atoms with Gasteiger partial charge in [-0.1, -0.05) is 47.5 Å². The van der Waals surface area contributed by atoms with Crippen molar-refractivity contribution in [3.63, 3.8) is 0 Å². The van der Waals surface area contributed by atoms with E-state index in [0.717, 1.165) is 11.1 Å². The first-order valence-corrected chi connectivity index (χ1v) is 8.08. The molecule has 3 aromatic rings. The van der Waals surface area contributed by atoms with E-state index in [1.165, 1.54) is 6.26 Å². The van der Waals surface area contributed by atoms with Crippen molar-refractivity contribution in [3.8, 4) is 11.5 Å². The smallest absolute Gasteiger partial charge is 0.226 e. The average Bonchev–Trinajstić information content (AvgIpc) is 3.03. The molecule has 0 aliphatic heterocycles. The Morgan fingerprint density at radius 2 is 1.92 bits per heavy atom. The second-order valence-corrected chi connectivity index (χ2v) is 6.04. The van der Waals surface area contributed by atoms with Gasteiger partial charge in [0, 0.05) is 22.2 Å². The molecule has 3 rings (SSSR count). The van der Waals surface area contributed by atoms with Crippen LogP contribution in [0.15, 0.2) is 59.2 Å². The third-order valence-corrected chi connectivity index (χ3v) is 3.99. The normalized spacial score (nSPS) is 10.6. The molecule has 0 saturated heterocycles. The first-order chi connectivity index (χ1) is 11.6. The Morgan fingerprint density at radius 3 is 2.67 bits per heavy atom. The van der Waals surface area contributed by atoms with E-state index in [2.05, 4.69) is 10.3 Å². The monoisotopic (exact) mass is 360 g/mol. The Balaban J connectivity index is 1.58. The molecule has 1 aromatic heterocycles. The van der Waals surface area contributed by atoms with Crippen molar-refractivity contribution >= 4 is 29.1 Å². The number of carbonyl (C=O) groups is 1. The maximum atomic E-state index is 12.0. The fourth-order valence-electron chi connectivity index (χ4n) is 2.19. The molecule has 0 atom stereocenters.